The van der Waals surface area contributed by atoms with Crippen LogP contribution in [0.15, 0.2) is 0 Å². The van der Waals surface area contributed by atoms with E-state index in [9.17, 15) is 9.59 Å². The molecule has 1 aromatic rings. The summed E-state index contributed by atoms with van der Waals surface area (Å²) in [4.78, 5) is 23.7. The van der Waals surface area contributed by atoms with E-state index in [0.717, 1.165) is 37.3 Å². The van der Waals surface area contributed by atoms with E-state index in [2.05, 4.69) is 10.6 Å². The molecule has 8 heteroatoms. The van der Waals surface area contributed by atoms with Gasteiger partial charge in [0, 0.05) is 6.04 Å². The van der Waals surface area contributed by atoms with Crippen LogP contribution in [0.3, 0.4) is 0 Å². The van der Waals surface area contributed by atoms with Crippen molar-refractivity contribution < 1.29 is 14.3 Å². The van der Waals surface area contributed by atoms with Crippen LogP contribution in [0.25, 0.3) is 0 Å². The topological polar surface area (TPSA) is 119 Å². The molecule has 0 unspecified atom stereocenters. The number of ether oxygens (including phenoxy) is 1. The van der Waals surface area contributed by atoms with E-state index in [1.54, 1.807) is 6.92 Å². The third-order valence-corrected chi connectivity index (χ3v) is 4.44. The smallest absolute Gasteiger partial charge is 0.350 e. The van der Waals surface area contributed by atoms with Crippen molar-refractivity contribution in [2.75, 3.05) is 30.7 Å². The Bertz CT molecular complexity index is 538. The number of nitrogen functional groups attached to an aromatic ring is 1. The second kappa shape index (κ2) is 6.77. The van der Waals surface area contributed by atoms with Gasteiger partial charge in [0.25, 0.3) is 5.91 Å². The van der Waals surface area contributed by atoms with Crippen molar-refractivity contribution >= 4 is 33.9 Å². The van der Waals surface area contributed by atoms with Crippen LogP contribution in [0.2, 0.25) is 0 Å². The Hall–Kier alpha value is -1.80. The Morgan fingerprint density at radius 3 is 2.67 bits per heavy atom. The minimum atomic E-state index is -0.643. The van der Waals surface area contributed by atoms with Crippen LogP contribution in [0.5, 0.6) is 0 Å². The number of anilines is 2. The van der Waals surface area contributed by atoms with Gasteiger partial charge in [0.1, 0.15) is 9.88 Å². The van der Waals surface area contributed by atoms with Crippen molar-refractivity contribution in [3.63, 3.8) is 0 Å². The molecule has 0 aromatic carbocycles. The first-order chi connectivity index (χ1) is 10.0. The largest absolute Gasteiger partial charge is 0.462 e. The summed E-state index contributed by atoms with van der Waals surface area (Å²) in [5.74, 6) is -1.17. The molecule has 7 nitrogen and oxygen atoms in total. The number of nitrogens with two attached hydrogens (primary N) is 2. The zero-order valence-corrected chi connectivity index (χ0v) is 12.7. The van der Waals surface area contributed by atoms with Gasteiger partial charge in [-0.05, 0) is 32.9 Å². The highest BCUT2D eigenvalue weighted by molar-refractivity contribution is 7.19. The Kier molecular flexibility index (Phi) is 5.03. The van der Waals surface area contributed by atoms with Gasteiger partial charge in [0.15, 0.2) is 0 Å². The monoisotopic (exact) mass is 312 g/mol. The molecule has 0 spiro atoms. The molecule has 6 N–H and O–H groups in total. The van der Waals surface area contributed by atoms with Crippen molar-refractivity contribution in [2.24, 2.45) is 5.73 Å². The third-order valence-electron chi connectivity index (χ3n) is 3.33. The molecule has 116 valence electrons. The summed E-state index contributed by atoms with van der Waals surface area (Å²) in [6.07, 6.45) is 1.87. The van der Waals surface area contributed by atoms with Crippen LogP contribution < -0.4 is 22.1 Å². The molecule has 1 aliphatic heterocycles. The summed E-state index contributed by atoms with van der Waals surface area (Å²) >= 11 is 1.12. The van der Waals surface area contributed by atoms with E-state index in [0.29, 0.717) is 5.00 Å². The Balaban J connectivity index is 2.28. The summed E-state index contributed by atoms with van der Waals surface area (Å²) in [6.45, 7) is 3.79. The lowest BCUT2D eigenvalue weighted by Gasteiger charge is -2.24. The normalized spacial score (nSPS) is 15.7. The fraction of sp³-hybridized carbons (Fsp3) is 0.538. The van der Waals surface area contributed by atoms with Gasteiger partial charge in [-0.1, -0.05) is 0 Å². The van der Waals surface area contributed by atoms with Gasteiger partial charge >= 0.3 is 5.97 Å². The predicted molar refractivity (Wildman–Crippen MR) is 82.7 cm³/mol. The molecular formula is C13H20N4O3S. The minimum absolute atomic E-state index is 0.0994. The van der Waals surface area contributed by atoms with Crippen LogP contribution in [0, 0.1) is 0 Å². The van der Waals surface area contributed by atoms with Crippen molar-refractivity contribution in [3.8, 4) is 0 Å². The maximum atomic E-state index is 11.9. The quantitative estimate of drug-likeness (QED) is 0.596. The highest BCUT2D eigenvalue weighted by Gasteiger charge is 2.26. The molecular weight excluding hydrogens is 292 g/mol. The first kappa shape index (κ1) is 15.6. The highest BCUT2D eigenvalue weighted by Crippen LogP contribution is 2.36. The number of esters is 1. The Morgan fingerprint density at radius 1 is 1.43 bits per heavy atom. The van der Waals surface area contributed by atoms with Gasteiger partial charge in [-0.3, -0.25) is 4.79 Å². The fourth-order valence-corrected chi connectivity index (χ4v) is 3.39. The molecule has 0 saturated carbocycles. The molecule has 0 bridgehead atoms. The van der Waals surface area contributed by atoms with Crippen LogP contribution >= 0.6 is 11.3 Å². The maximum absolute atomic E-state index is 11.9. The molecule has 2 rings (SSSR count). The van der Waals surface area contributed by atoms with Gasteiger partial charge in [-0.25, -0.2) is 4.79 Å². The minimum Gasteiger partial charge on any atom is -0.462 e. The van der Waals surface area contributed by atoms with E-state index < -0.39 is 11.9 Å². The zero-order valence-electron chi connectivity index (χ0n) is 11.9. The molecule has 2 heterocycles. The number of hydrogen-bond donors (Lipinski definition) is 4. The summed E-state index contributed by atoms with van der Waals surface area (Å²) in [5, 5.41) is 7.09. The van der Waals surface area contributed by atoms with Crippen molar-refractivity contribution in [3.05, 3.63) is 10.4 Å². The number of piperidine rings is 1. The molecule has 1 aromatic heterocycles. The lowest BCUT2D eigenvalue weighted by molar-refractivity contribution is 0.0533. The van der Waals surface area contributed by atoms with E-state index in [-0.39, 0.29) is 28.8 Å². The highest BCUT2D eigenvalue weighted by atomic mass is 32.1. The van der Waals surface area contributed by atoms with Gasteiger partial charge in [-0.15, -0.1) is 11.3 Å². The van der Waals surface area contributed by atoms with Crippen molar-refractivity contribution in [1.82, 2.24) is 5.32 Å². The lowest BCUT2D eigenvalue weighted by Crippen LogP contribution is -2.35. The number of rotatable bonds is 5. The summed E-state index contributed by atoms with van der Waals surface area (Å²) in [6, 6.07) is 0.234. The second-order valence-corrected chi connectivity index (χ2v) is 5.82. The van der Waals surface area contributed by atoms with Gasteiger partial charge in [0.2, 0.25) is 0 Å². The number of carbonyl (C=O) groups excluding carboxylic acids is 2. The number of nitrogens with one attached hydrogen (secondary N) is 2. The maximum Gasteiger partial charge on any atom is 0.350 e. The first-order valence-corrected chi connectivity index (χ1v) is 7.72. The van der Waals surface area contributed by atoms with E-state index in [1.165, 1.54) is 0 Å². The standard InChI is InChI=1S/C13H20N4O3S/c1-2-20-13(19)10-9(14)8(11(15)18)12(21-10)17-7-3-5-16-6-4-7/h7,16-17H,2-6,14H2,1H3,(H2,15,18). The summed E-state index contributed by atoms with van der Waals surface area (Å²) in [5.41, 5.74) is 11.6. The summed E-state index contributed by atoms with van der Waals surface area (Å²) in [7, 11) is 0. The van der Waals surface area contributed by atoms with E-state index >= 15 is 0 Å². The number of carbonyl (C=O) groups is 2. The SMILES string of the molecule is CCOC(=O)c1sc(NC2CCNCC2)c(C(N)=O)c1N. The second-order valence-electron chi connectivity index (χ2n) is 4.80. The molecule has 1 fully saturated rings. The number of thiophene rings is 1. The zero-order chi connectivity index (χ0) is 15.4. The molecule has 0 radical (unpaired) electrons. The van der Waals surface area contributed by atoms with Gasteiger partial charge < -0.3 is 26.8 Å². The first-order valence-electron chi connectivity index (χ1n) is 6.91. The number of hydrogen-bond acceptors (Lipinski definition) is 7. The van der Waals surface area contributed by atoms with E-state index in [4.69, 9.17) is 16.2 Å². The average molecular weight is 312 g/mol. The lowest BCUT2D eigenvalue weighted by atomic mass is 10.1. The van der Waals surface area contributed by atoms with E-state index in [1.807, 2.05) is 0 Å². The number of amides is 1. The van der Waals surface area contributed by atoms with Crippen LogP contribution in [-0.4, -0.2) is 37.6 Å². The Labute approximate surface area is 127 Å². The third kappa shape index (κ3) is 3.45. The van der Waals surface area contributed by atoms with Crippen molar-refractivity contribution in [1.29, 1.82) is 0 Å². The molecule has 21 heavy (non-hydrogen) atoms. The van der Waals surface area contributed by atoms with Crippen LogP contribution in [0.4, 0.5) is 10.7 Å². The van der Waals surface area contributed by atoms with Crippen LogP contribution in [0.1, 0.15) is 39.8 Å². The average Bonchev–Trinajstić information content (AvgIpc) is 2.77. The van der Waals surface area contributed by atoms with Crippen molar-refractivity contribution in [2.45, 2.75) is 25.8 Å². The molecule has 1 saturated heterocycles. The Morgan fingerprint density at radius 2 is 2.10 bits per heavy atom. The predicted octanol–water partition coefficient (Wildman–Crippen LogP) is 0.770. The molecule has 0 aliphatic carbocycles. The fourth-order valence-electron chi connectivity index (χ4n) is 2.29. The molecule has 1 amide bonds. The van der Waals surface area contributed by atoms with Gasteiger partial charge in [-0.2, -0.15) is 0 Å². The molecule has 1 aliphatic rings. The number of primary amides is 1. The summed E-state index contributed by atoms with van der Waals surface area (Å²) < 4.78 is 4.95. The van der Waals surface area contributed by atoms with Gasteiger partial charge in [0.05, 0.1) is 17.9 Å². The van der Waals surface area contributed by atoms with Crippen LogP contribution in [-0.2, 0) is 4.74 Å². The molecule has 0 atom stereocenters.